The van der Waals surface area contributed by atoms with Crippen LogP contribution < -0.4 is 5.32 Å². The summed E-state index contributed by atoms with van der Waals surface area (Å²) in [7, 11) is -3.13. The molecule has 1 saturated heterocycles. The maximum Gasteiger partial charge on any atom is 0.253 e. The Kier molecular flexibility index (Phi) is 3.66. The highest BCUT2D eigenvalue weighted by molar-refractivity contribution is 7.91. The summed E-state index contributed by atoms with van der Waals surface area (Å²) in [6, 6.07) is -0.561. The molecular weight excluding hydrogens is 288 g/mol. The molecule has 0 aromatic carbocycles. The van der Waals surface area contributed by atoms with E-state index < -0.39 is 45.1 Å². The number of sulfone groups is 1. The fourth-order valence-corrected chi connectivity index (χ4v) is 3.34. The number of nitrogens with one attached hydrogen (secondary N) is 1. The van der Waals surface area contributed by atoms with E-state index in [9.17, 15) is 26.0 Å². The Bertz CT molecular complexity index is 566. The second-order valence-electron chi connectivity index (χ2n) is 4.27. The normalized spacial score (nSPS) is 19.4. The van der Waals surface area contributed by atoms with Gasteiger partial charge < -0.3 is 5.32 Å². The van der Waals surface area contributed by atoms with Crippen LogP contribution in [-0.4, -0.2) is 30.9 Å². The number of anilines is 1. The van der Waals surface area contributed by atoms with E-state index in [-0.39, 0.29) is 24.3 Å². The molecule has 1 aliphatic heterocycles. The zero-order valence-electron chi connectivity index (χ0n) is 9.59. The fourth-order valence-electron chi connectivity index (χ4n) is 1.85. The third kappa shape index (κ3) is 2.96. The van der Waals surface area contributed by atoms with Gasteiger partial charge in [0.05, 0.1) is 11.5 Å². The molecule has 1 N–H and O–H groups in total. The Hall–Kier alpha value is -1.38. The summed E-state index contributed by atoms with van der Waals surface area (Å²) >= 11 is 0. The van der Waals surface area contributed by atoms with Gasteiger partial charge in [0, 0.05) is 6.04 Å². The Balaban J connectivity index is 2.21. The van der Waals surface area contributed by atoms with E-state index in [2.05, 4.69) is 10.3 Å². The summed E-state index contributed by atoms with van der Waals surface area (Å²) in [5.74, 6) is -7.00. The lowest BCUT2D eigenvalue weighted by Crippen LogP contribution is -2.33. The van der Waals surface area contributed by atoms with Crippen LogP contribution in [0.15, 0.2) is 0 Å². The fraction of sp³-hybridized carbons (Fsp3) is 0.500. The third-order valence-corrected chi connectivity index (χ3v) is 4.62. The number of halogens is 4. The van der Waals surface area contributed by atoms with Crippen LogP contribution >= 0.6 is 0 Å². The van der Waals surface area contributed by atoms with E-state index in [0.29, 0.717) is 0 Å². The van der Waals surface area contributed by atoms with Crippen molar-refractivity contribution in [1.29, 1.82) is 0 Å². The number of hydrogen-bond acceptors (Lipinski definition) is 4. The lowest BCUT2D eigenvalue weighted by atomic mass is 10.1. The molecule has 1 fully saturated rings. The van der Waals surface area contributed by atoms with Crippen molar-refractivity contribution in [2.45, 2.75) is 18.9 Å². The average Bonchev–Trinajstić information content (AvgIpc) is 2.34. The highest BCUT2D eigenvalue weighted by Crippen LogP contribution is 2.25. The summed E-state index contributed by atoms with van der Waals surface area (Å²) in [5, 5.41) is 2.30. The zero-order chi connectivity index (χ0) is 14.2. The van der Waals surface area contributed by atoms with E-state index in [1.54, 1.807) is 0 Å². The standard InChI is InChI=1S/C10H10F4N2O2S/c11-6-8(7(12)10(14)16-9(6)13)15-5-1-3-19(17,18)4-2-5/h5H,1-4H2,(H,15,16). The van der Waals surface area contributed by atoms with Crippen LogP contribution in [-0.2, 0) is 9.84 Å². The molecule has 0 saturated carbocycles. The Labute approximate surface area is 106 Å². The molecule has 0 bridgehead atoms. The predicted octanol–water partition coefficient (Wildman–Crippen LogP) is 1.63. The quantitative estimate of drug-likeness (QED) is 0.666. The van der Waals surface area contributed by atoms with Gasteiger partial charge in [-0.3, -0.25) is 0 Å². The van der Waals surface area contributed by atoms with Crippen molar-refractivity contribution < 1.29 is 26.0 Å². The summed E-state index contributed by atoms with van der Waals surface area (Å²) in [6.07, 6.45) is 0.236. The van der Waals surface area contributed by atoms with Crippen molar-refractivity contribution in [3.63, 3.8) is 0 Å². The first-order valence-electron chi connectivity index (χ1n) is 5.47. The summed E-state index contributed by atoms with van der Waals surface area (Å²) in [4.78, 5) is 2.43. The van der Waals surface area contributed by atoms with Crippen molar-refractivity contribution in [1.82, 2.24) is 4.98 Å². The number of aromatic nitrogens is 1. The number of nitrogens with zero attached hydrogens (tertiary/aromatic N) is 1. The molecule has 0 spiro atoms. The molecule has 0 radical (unpaired) electrons. The number of pyridine rings is 1. The average molecular weight is 298 g/mol. The minimum Gasteiger partial charge on any atom is -0.377 e. The van der Waals surface area contributed by atoms with Gasteiger partial charge in [-0.25, -0.2) is 8.42 Å². The second kappa shape index (κ2) is 4.95. The maximum atomic E-state index is 13.3. The Morgan fingerprint density at radius 2 is 1.47 bits per heavy atom. The van der Waals surface area contributed by atoms with Crippen LogP contribution in [0.3, 0.4) is 0 Å². The van der Waals surface area contributed by atoms with Gasteiger partial charge in [-0.15, -0.1) is 0 Å². The van der Waals surface area contributed by atoms with Gasteiger partial charge in [0.15, 0.2) is 0 Å². The van der Waals surface area contributed by atoms with Crippen LogP contribution in [0.2, 0.25) is 0 Å². The summed E-state index contributed by atoms with van der Waals surface area (Å²) in [5.41, 5.74) is -0.950. The van der Waals surface area contributed by atoms with Gasteiger partial charge >= 0.3 is 0 Å². The van der Waals surface area contributed by atoms with Crippen LogP contribution in [0.25, 0.3) is 0 Å². The smallest absolute Gasteiger partial charge is 0.253 e. The van der Waals surface area contributed by atoms with Crippen LogP contribution in [0, 0.1) is 23.5 Å². The minimum absolute atomic E-state index is 0.118. The molecule has 0 atom stereocenters. The molecule has 2 heterocycles. The van der Waals surface area contributed by atoms with E-state index >= 15 is 0 Å². The molecule has 2 rings (SSSR count). The zero-order valence-corrected chi connectivity index (χ0v) is 10.4. The van der Waals surface area contributed by atoms with Gasteiger partial charge in [0.1, 0.15) is 15.5 Å². The second-order valence-corrected chi connectivity index (χ2v) is 6.57. The van der Waals surface area contributed by atoms with E-state index in [1.807, 2.05) is 0 Å². The Morgan fingerprint density at radius 3 is 1.95 bits per heavy atom. The van der Waals surface area contributed by atoms with Gasteiger partial charge in [-0.05, 0) is 12.8 Å². The molecule has 0 amide bonds. The van der Waals surface area contributed by atoms with Crippen molar-refractivity contribution >= 4 is 15.5 Å². The first kappa shape index (κ1) is 14.0. The topological polar surface area (TPSA) is 59.1 Å². The summed E-state index contributed by atoms with van der Waals surface area (Å²) in [6.45, 7) is 0. The number of rotatable bonds is 2. The molecule has 19 heavy (non-hydrogen) atoms. The lowest BCUT2D eigenvalue weighted by Gasteiger charge is -2.24. The molecular formula is C10H10F4N2O2S. The molecule has 0 aliphatic carbocycles. The molecule has 1 aromatic rings. The SMILES string of the molecule is O=S1(=O)CCC(Nc2c(F)c(F)nc(F)c2F)CC1. The highest BCUT2D eigenvalue weighted by Gasteiger charge is 2.27. The van der Waals surface area contributed by atoms with Crippen molar-refractivity contribution in [2.75, 3.05) is 16.8 Å². The predicted molar refractivity (Wildman–Crippen MR) is 59.4 cm³/mol. The van der Waals surface area contributed by atoms with Crippen LogP contribution in [0.1, 0.15) is 12.8 Å². The first-order valence-corrected chi connectivity index (χ1v) is 7.29. The molecule has 0 unspecified atom stereocenters. The van der Waals surface area contributed by atoms with E-state index in [4.69, 9.17) is 0 Å². The first-order chi connectivity index (χ1) is 8.80. The van der Waals surface area contributed by atoms with Crippen molar-refractivity contribution in [3.05, 3.63) is 23.5 Å². The van der Waals surface area contributed by atoms with Gasteiger partial charge in [0.2, 0.25) is 11.6 Å². The summed E-state index contributed by atoms with van der Waals surface area (Å²) < 4.78 is 74.8. The molecule has 1 aromatic heterocycles. The highest BCUT2D eigenvalue weighted by atomic mass is 32.2. The third-order valence-electron chi connectivity index (χ3n) is 2.90. The van der Waals surface area contributed by atoms with E-state index in [1.165, 1.54) is 0 Å². The maximum absolute atomic E-state index is 13.3. The van der Waals surface area contributed by atoms with Crippen LogP contribution in [0.5, 0.6) is 0 Å². The largest absolute Gasteiger partial charge is 0.377 e. The Morgan fingerprint density at radius 1 is 1.00 bits per heavy atom. The molecule has 1 aliphatic rings. The van der Waals surface area contributed by atoms with Crippen molar-refractivity contribution in [2.24, 2.45) is 0 Å². The minimum atomic E-state index is -3.13. The lowest BCUT2D eigenvalue weighted by molar-refractivity contribution is 0.408. The monoisotopic (exact) mass is 298 g/mol. The number of hydrogen-bond donors (Lipinski definition) is 1. The van der Waals surface area contributed by atoms with E-state index in [0.717, 1.165) is 0 Å². The van der Waals surface area contributed by atoms with Gasteiger partial charge in [0.25, 0.3) is 11.9 Å². The molecule has 9 heteroatoms. The van der Waals surface area contributed by atoms with Crippen molar-refractivity contribution in [3.8, 4) is 0 Å². The molecule has 106 valence electrons. The molecule has 4 nitrogen and oxygen atoms in total. The van der Waals surface area contributed by atoms with Gasteiger partial charge in [-0.1, -0.05) is 0 Å². The van der Waals surface area contributed by atoms with Crippen LogP contribution in [0.4, 0.5) is 23.2 Å². The van der Waals surface area contributed by atoms with Gasteiger partial charge in [-0.2, -0.15) is 22.5 Å².